The number of hydrogen-bond acceptors (Lipinski definition) is 8. The normalized spacial score (nSPS) is 13.9. The first-order valence-corrected chi connectivity index (χ1v) is 13.0. The molecule has 4 rings (SSSR count). The number of carboxylic acids is 1. The van der Waals surface area contributed by atoms with Crippen LogP contribution in [0.5, 0.6) is 0 Å². The highest BCUT2D eigenvalue weighted by molar-refractivity contribution is 7.85. The number of anilines is 2. The largest absolute Gasteiger partial charge is 0.477 e. The van der Waals surface area contributed by atoms with Gasteiger partial charge in [-0.25, -0.2) is 22.9 Å². The number of halogens is 3. The fraction of sp³-hybridized carbons (Fsp3) is 0.348. The molecule has 3 heterocycles. The lowest BCUT2D eigenvalue weighted by Gasteiger charge is -2.43. The summed E-state index contributed by atoms with van der Waals surface area (Å²) in [5, 5.41) is 12.6. The maximum Gasteiger partial charge on any atom is 0.341 e. The minimum absolute atomic E-state index is 0.0547. The molecule has 38 heavy (non-hydrogen) atoms. The number of rotatable bonds is 5. The molecule has 0 bridgehead atoms. The molecule has 0 amide bonds. The van der Waals surface area contributed by atoms with Gasteiger partial charge in [0.15, 0.2) is 23.3 Å². The molecule has 1 saturated heterocycles. The molecule has 0 spiro atoms. The van der Waals surface area contributed by atoms with Gasteiger partial charge in [0, 0.05) is 43.0 Å². The molecule has 3 aromatic rings. The Morgan fingerprint density at radius 3 is 2.29 bits per heavy atom. The van der Waals surface area contributed by atoms with Crippen molar-refractivity contribution in [3.8, 4) is 5.82 Å². The van der Waals surface area contributed by atoms with Crippen molar-refractivity contribution in [1.82, 2.24) is 14.9 Å². The molecule has 5 N–H and O–H groups in total. The number of nitrogens with one attached hydrogen (secondary N) is 1. The highest BCUT2D eigenvalue weighted by Crippen LogP contribution is 2.34. The average Bonchev–Trinajstić information content (AvgIpc) is 2.73. The van der Waals surface area contributed by atoms with Crippen molar-refractivity contribution in [3.05, 3.63) is 57.1 Å². The third-order valence-corrected chi connectivity index (χ3v) is 5.61. The van der Waals surface area contributed by atoms with Crippen molar-refractivity contribution in [2.75, 3.05) is 30.0 Å². The number of aromatic nitrogens is 2. The maximum atomic E-state index is 15.2. The lowest BCUT2D eigenvalue weighted by Crippen LogP contribution is -2.60. The van der Waals surface area contributed by atoms with E-state index in [2.05, 4.69) is 10.3 Å². The van der Waals surface area contributed by atoms with Crippen LogP contribution in [0.4, 0.5) is 24.7 Å². The summed E-state index contributed by atoms with van der Waals surface area (Å²) in [5.74, 6) is -5.63. The fourth-order valence-corrected chi connectivity index (χ4v) is 4.22. The smallest absolute Gasteiger partial charge is 0.341 e. The van der Waals surface area contributed by atoms with E-state index in [1.54, 1.807) is 11.8 Å². The fourth-order valence-electron chi connectivity index (χ4n) is 4.22. The van der Waals surface area contributed by atoms with Crippen LogP contribution in [0.2, 0.25) is 0 Å². The van der Waals surface area contributed by atoms with Crippen molar-refractivity contribution < 1.29 is 36.0 Å². The first kappa shape index (κ1) is 28.9. The zero-order valence-electron chi connectivity index (χ0n) is 20.8. The van der Waals surface area contributed by atoms with E-state index in [1.165, 1.54) is 0 Å². The lowest BCUT2D eigenvalue weighted by molar-refractivity contribution is 0.0695. The molecule has 0 aliphatic carbocycles. The van der Waals surface area contributed by atoms with E-state index in [0.29, 0.717) is 25.4 Å². The number of nitrogen functional groups attached to an aromatic ring is 1. The van der Waals surface area contributed by atoms with Gasteiger partial charge in [0.05, 0.1) is 22.8 Å². The number of pyridine rings is 2. The molecule has 1 aliphatic rings. The van der Waals surface area contributed by atoms with E-state index in [9.17, 15) is 31.9 Å². The van der Waals surface area contributed by atoms with Gasteiger partial charge in [-0.15, -0.1) is 0 Å². The van der Waals surface area contributed by atoms with Gasteiger partial charge in [0.2, 0.25) is 5.43 Å². The Kier molecular flexibility index (Phi) is 8.04. The van der Waals surface area contributed by atoms with Crippen molar-refractivity contribution >= 4 is 38.5 Å². The summed E-state index contributed by atoms with van der Waals surface area (Å²) in [6.45, 7) is 6.56. The number of nitrogens with zero attached hydrogens (tertiary/aromatic N) is 3. The second-order valence-corrected chi connectivity index (χ2v) is 10.6. The molecule has 0 unspecified atom stereocenters. The number of fused-ring (bicyclic) bond motifs is 1. The van der Waals surface area contributed by atoms with E-state index in [4.69, 9.17) is 10.3 Å². The Bertz CT molecular complexity index is 1580. The minimum atomic E-state index is -3.67. The SMILES string of the molecule is CS(=O)(=O)O.Cc1c(N2CC(NC(C)C)C2)c(F)cc2c(=O)c(C(=O)O)cn(-c3nc(N)c(F)cc3F)c12. The summed E-state index contributed by atoms with van der Waals surface area (Å²) >= 11 is 0. The Morgan fingerprint density at radius 1 is 1.18 bits per heavy atom. The molecule has 0 radical (unpaired) electrons. The molecule has 0 saturated carbocycles. The Labute approximate surface area is 215 Å². The highest BCUT2D eigenvalue weighted by atomic mass is 32.2. The van der Waals surface area contributed by atoms with E-state index in [0.717, 1.165) is 16.8 Å². The van der Waals surface area contributed by atoms with Gasteiger partial charge in [-0.3, -0.25) is 13.9 Å². The zero-order chi connectivity index (χ0) is 28.7. The van der Waals surface area contributed by atoms with Crippen LogP contribution in [0, 0.1) is 24.4 Å². The first-order valence-electron chi connectivity index (χ1n) is 11.2. The molecule has 1 fully saturated rings. The predicted octanol–water partition coefficient (Wildman–Crippen LogP) is 2.08. The Balaban J connectivity index is 0.000000732. The minimum Gasteiger partial charge on any atom is -0.477 e. The number of aryl methyl sites for hydroxylation is 1. The van der Waals surface area contributed by atoms with E-state index >= 15 is 4.39 Å². The van der Waals surface area contributed by atoms with Crippen molar-refractivity contribution in [2.24, 2.45) is 0 Å². The van der Waals surface area contributed by atoms with Gasteiger partial charge in [-0.05, 0) is 13.0 Å². The van der Waals surface area contributed by atoms with Crippen molar-refractivity contribution in [2.45, 2.75) is 32.9 Å². The second-order valence-electron chi connectivity index (χ2n) is 9.09. The molecule has 11 nitrogen and oxygen atoms in total. The van der Waals surface area contributed by atoms with Crippen molar-refractivity contribution in [1.29, 1.82) is 0 Å². The number of aromatic carboxylic acids is 1. The van der Waals surface area contributed by atoms with Crippen LogP contribution < -0.4 is 21.4 Å². The number of hydrogen-bond donors (Lipinski definition) is 4. The van der Waals surface area contributed by atoms with Crippen LogP contribution in [0.1, 0.15) is 29.8 Å². The predicted molar refractivity (Wildman–Crippen MR) is 135 cm³/mol. The molecule has 15 heteroatoms. The number of carboxylic acid groups (broad SMARTS) is 1. The van der Waals surface area contributed by atoms with Gasteiger partial charge >= 0.3 is 5.97 Å². The molecular weight excluding hydrogens is 531 g/mol. The second kappa shape index (κ2) is 10.6. The Hall–Kier alpha value is -3.69. The van der Waals surface area contributed by atoms with Crippen LogP contribution in [-0.2, 0) is 10.1 Å². The summed E-state index contributed by atoms with van der Waals surface area (Å²) in [6, 6.07) is 1.85. The van der Waals surface area contributed by atoms with Crippen LogP contribution in [0.25, 0.3) is 16.7 Å². The summed E-state index contributed by atoms with van der Waals surface area (Å²) in [7, 11) is -3.67. The maximum absolute atomic E-state index is 15.2. The standard InChI is InChI=1S/C22H22F3N5O3.CH4O3S/c1-9(2)27-11-6-29(7-11)18-10(3)17-12(4-14(18)23)19(31)13(22(32)33)8-30(17)21-16(25)5-15(24)20(26)28-21;1-5(2,3)4/h4-5,8-9,11,27H,6-7H2,1-3H3,(H2,26,28)(H,32,33);1H3,(H,2,3,4). The Morgan fingerprint density at radius 2 is 1.76 bits per heavy atom. The lowest BCUT2D eigenvalue weighted by atomic mass is 10.00. The third kappa shape index (κ3) is 6.06. The molecular formula is C23H26F3N5O6S. The number of nitrogens with two attached hydrogens (primary N) is 1. The first-order chi connectivity index (χ1) is 17.5. The molecule has 2 aromatic heterocycles. The molecule has 0 atom stereocenters. The summed E-state index contributed by atoms with van der Waals surface area (Å²) in [6.07, 6.45) is 1.61. The third-order valence-electron chi connectivity index (χ3n) is 5.61. The summed E-state index contributed by atoms with van der Waals surface area (Å²) < 4.78 is 70.4. The molecule has 1 aromatic carbocycles. The van der Waals surface area contributed by atoms with Gasteiger partial charge < -0.3 is 21.1 Å². The van der Waals surface area contributed by atoms with E-state index < -0.39 is 56.2 Å². The van der Waals surface area contributed by atoms with Crippen LogP contribution in [0.3, 0.4) is 0 Å². The summed E-state index contributed by atoms with van der Waals surface area (Å²) in [4.78, 5) is 30.0. The van der Waals surface area contributed by atoms with Crippen LogP contribution in [-0.4, -0.2) is 65.0 Å². The highest BCUT2D eigenvalue weighted by Gasteiger charge is 2.32. The van der Waals surface area contributed by atoms with Gasteiger partial charge in [-0.2, -0.15) is 8.42 Å². The topological polar surface area (TPSA) is 168 Å². The van der Waals surface area contributed by atoms with Gasteiger partial charge in [0.1, 0.15) is 11.4 Å². The number of benzene rings is 1. The van der Waals surface area contributed by atoms with E-state index in [1.807, 2.05) is 13.8 Å². The quantitative estimate of drug-likeness (QED) is 0.341. The van der Waals surface area contributed by atoms with E-state index in [-0.39, 0.29) is 34.2 Å². The van der Waals surface area contributed by atoms with Gasteiger partial charge in [0.25, 0.3) is 10.1 Å². The monoisotopic (exact) mass is 557 g/mol. The van der Waals surface area contributed by atoms with Crippen molar-refractivity contribution in [3.63, 3.8) is 0 Å². The van der Waals surface area contributed by atoms with Gasteiger partial charge in [-0.1, -0.05) is 13.8 Å². The van der Waals surface area contributed by atoms with Crippen LogP contribution >= 0.6 is 0 Å². The molecule has 206 valence electrons. The average molecular weight is 558 g/mol. The zero-order valence-corrected chi connectivity index (χ0v) is 21.6. The summed E-state index contributed by atoms with van der Waals surface area (Å²) in [5.41, 5.74) is 4.40. The van der Waals surface area contributed by atoms with Crippen LogP contribution in [0.15, 0.2) is 23.1 Å². The number of carbonyl (C=O) groups is 1. The molecule has 1 aliphatic heterocycles.